The number of Topliss-reactive ketones (excluding diaryl/α,β-unsaturated/α-hetero) is 1. The van der Waals surface area contributed by atoms with Crippen molar-refractivity contribution in [2.45, 2.75) is 33.1 Å². The summed E-state index contributed by atoms with van der Waals surface area (Å²) < 4.78 is 0. The van der Waals surface area contributed by atoms with Crippen LogP contribution in [-0.4, -0.2) is 47.2 Å². The van der Waals surface area contributed by atoms with Crippen molar-refractivity contribution in [1.82, 2.24) is 14.9 Å². The van der Waals surface area contributed by atoms with E-state index < -0.39 is 0 Å². The standard InChI is InChI=1S/C31H31ClN6O2/c1-19-7-5-11-34-30(19)28(39)14-21-9-10-23(15-25(21)32)36-31-22(17-33)18-35-27-13-20(2)26(16-24(27)31)37-29(40)8-6-12-38(3)4/h5,7,9-11,13,15-16,18H,6,8,12,14H2,1-4H3,(H,35,36)(H,37,40). The number of hydrogen-bond donors (Lipinski definition) is 2. The fraction of sp³-hybridized carbons (Fsp3) is 0.258. The first-order chi connectivity index (χ1) is 19.2. The van der Waals surface area contributed by atoms with Gasteiger partial charge in [-0.15, -0.1) is 0 Å². The van der Waals surface area contributed by atoms with Crippen LogP contribution < -0.4 is 10.6 Å². The molecule has 0 saturated carbocycles. The summed E-state index contributed by atoms with van der Waals surface area (Å²) in [5.74, 6) is -0.180. The summed E-state index contributed by atoms with van der Waals surface area (Å²) in [5.41, 5.74) is 5.69. The minimum Gasteiger partial charge on any atom is -0.354 e. The van der Waals surface area contributed by atoms with E-state index in [9.17, 15) is 14.9 Å². The molecule has 2 N–H and O–H groups in total. The lowest BCUT2D eigenvalue weighted by atomic mass is 10.0. The van der Waals surface area contributed by atoms with Crippen LogP contribution in [0.4, 0.5) is 17.1 Å². The third-order valence-electron chi connectivity index (χ3n) is 6.56. The van der Waals surface area contributed by atoms with Crippen molar-refractivity contribution in [3.05, 3.63) is 87.8 Å². The number of nitriles is 1. The zero-order chi connectivity index (χ0) is 28.8. The number of pyridine rings is 2. The van der Waals surface area contributed by atoms with Gasteiger partial charge in [0.25, 0.3) is 0 Å². The Hall–Kier alpha value is -4.32. The number of halogens is 1. The van der Waals surface area contributed by atoms with E-state index in [0.717, 1.165) is 24.1 Å². The van der Waals surface area contributed by atoms with Crippen molar-refractivity contribution in [2.24, 2.45) is 0 Å². The molecule has 0 aliphatic heterocycles. The molecule has 0 unspecified atom stereocenters. The fourth-order valence-corrected chi connectivity index (χ4v) is 4.66. The molecular weight excluding hydrogens is 524 g/mol. The van der Waals surface area contributed by atoms with Gasteiger partial charge in [0, 0.05) is 47.0 Å². The second-order valence-corrected chi connectivity index (χ2v) is 10.4. The van der Waals surface area contributed by atoms with Crippen LogP contribution in [0.15, 0.2) is 54.9 Å². The van der Waals surface area contributed by atoms with Gasteiger partial charge in [-0.05, 0) is 87.9 Å². The van der Waals surface area contributed by atoms with Crippen molar-refractivity contribution in [2.75, 3.05) is 31.3 Å². The molecule has 0 fully saturated rings. The molecule has 0 radical (unpaired) electrons. The van der Waals surface area contributed by atoms with E-state index in [1.165, 1.54) is 6.20 Å². The molecule has 0 bridgehead atoms. The van der Waals surface area contributed by atoms with Gasteiger partial charge in [-0.2, -0.15) is 5.26 Å². The Bertz CT molecular complexity index is 1630. The summed E-state index contributed by atoms with van der Waals surface area (Å²) >= 11 is 6.58. The second-order valence-electron chi connectivity index (χ2n) is 10.00. The van der Waals surface area contributed by atoms with Gasteiger partial charge in [0.15, 0.2) is 5.78 Å². The SMILES string of the molecule is Cc1cc2ncc(C#N)c(Nc3ccc(CC(=O)c4ncccc4C)c(Cl)c3)c2cc1NC(=O)CCCN(C)C. The monoisotopic (exact) mass is 554 g/mol. The number of nitrogens with zero attached hydrogens (tertiary/aromatic N) is 4. The number of ketones is 1. The molecule has 204 valence electrons. The summed E-state index contributed by atoms with van der Waals surface area (Å²) in [6.07, 6.45) is 4.40. The van der Waals surface area contributed by atoms with E-state index in [1.807, 2.05) is 57.1 Å². The first-order valence-electron chi connectivity index (χ1n) is 12.9. The number of fused-ring (bicyclic) bond motifs is 1. The van der Waals surface area contributed by atoms with E-state index in [1.54, 1.807) is 24.4 Å². The van der Waals surface area contributed by atoms with Gasteiger partial charge in [-0.3, -0.25) is 19.6 Å². The maximum absolute atomic E-state index is 12.8. The zero-order valence-corrected chi connectivity index (χ0v) is 23.8. The normalized spacial score (nSPS) is 10.9. The number of carbonyl (C=O) groups excluding carboxylic acids is 2. The van der Waals surface area contributed by atoms with Crippen LogP contribution in [0.3, 0.4) is 0 Å². The number of amides is 1. The largest absolute Gasteiger partial charge is 0.354 e. The van der Waals surface area contributed by atoms with Crippen molar-refractivity contribution < 1.29 is 9.59 Å². The van der Waals surface area contributed by atoms with Crippen molar-refractivity contribution in [1.29, 1.82) is 5.26 Å². The molecule has 2 heterocycles. The molecule has 0 atom stereocenters. The molecule has 2 aromatic carbocycles. The quantitative estimate of drug-likeness (QED) is 0.224. The van der Waals surface area contributed by atoms with Crippen LogP contribution in [0.2, 0.25) is 5.02 Å². The van der Waals surface area contributed by atoms with E-state index >= 15 is 0 Å². The molecule has 0 saturated heterocycles. The number of benzene rings is 2. The summed E-state index contributed by atoms with van der Waals surface area (Å²) in [7, 11) is 3.95. The van der Waals surface area contributed by atoms with Gasteiger partial charge in [0.2, 0.25) is 5.91 Å². The number of carbonyl (C=O) groups is 2. The van der Waals surface area contributed by atoms with Crippen LogP contribution in [0.25, 0.3) is 10.9 Å². The number of hydrogen-bond acceptors (Lipinski definition) is 7. The van der Waals surface area contributed by atoms with Gasteiger partial charge in [0.05, 0.1) is 16.8 Å². The lowest BCUT2D eigenvalue weighted by molar-refractivity contribution is -0.116. The maximum atomic E-state index is 12.8. The zero-order valence-electron chi connectivity index (χ0n) is 23.0. The van der Waals surface area contributed by atoms with Gasteiger partial charge in [-0.1, -0.05) is 23.7 Å². The smallest absolute Gasteiger partial charge is 0.224 e. The Labute approximate surface area is 239 Å². The van der Waals surface area contributed by atoms with E-state index in [2.05, 4.69) is 26.7 Å². The van der Waals surface area contributed by atoms with E-state index in [-0.39, 0.29) is 18.1 Å². The lowest BCUT2D eigenvalue weighted by Crippen LogP contribution is -2.17. The molecule has 40 heavy (non-hydrogen) atoms. The Balaban J connectivity index is 1.60. The highest BCUT2D eigenvalue weighted by Crippen LogP contribution is 2.34. The average molecular weight is 555 g/mol. The first-order valence-corrected chi connectivity index (χ1v) is 13.3. The Kier molecular flexibility index (Phi) is 9.10. The van der Waals surface area contributed by atoms with Crippen LogP contribution in [-0.2, 0) is 11.2 Å². The average Bonchev–Trinajstić information content (AvgIpc) is 2.91. The topological polar surface area (TPSA) is 111 Å². The van der Waals surface area contributed by atoms with Gasteiger partial charge >= 0.3 is 0 Å². The molecule has 0 aliphatic carbocycles. The number of aromatic nitrogens is 2. The van der Waals surface area contributed by atoms with Gasteiger partial charge in [0.1, 0.15) is 11.8 Å². The minimum atomic E-state index is -0.112. The predicted molar refractivity (Wildman–Crippen MR) is 159 cm³/mol. The predicted octanol–water partition coefficient (Wildman–Crippen LogP) is 6.22. The van der Waals surface area contributed by atoms with Gasteiger partial charge in [-0.25, -0.2) is 0 Å². The molecule has 8 nitrogen and oxygen atoms in total. The summed E-state index contributed by atoms with van der Waals surface area (Å²) in [6.45, 7) is 4.59. The number of nitrogens with one attached hydrogen (secondary N) is 2. The van der Waals surface area contributed by atoms with Gasteiger partial charge < -0.3 is 15.5 Å². The third kappa shape index (κ3) is 6.81. The highest BCUT2D eigenvalue weighted by Gasteiger charge is 2.16. The fourth-order valence-electron chi connectivity index (χ4n) is 4.41. The Morgan fingerprint density at radius 1 is 1.07 bits per heavy atom. The van der Waals surface area contributed by atoms with Crippen molar-refractivity contribution >= 4 is 51.3 Å². The number of aryl methyl sites for hydroxylation is 2. The molecule has 2 aromatic heterocycles. The van der Waals surface area contributed by atoms with Crippen LogP contribution in [0, 0.1) is 25.2 Å². The highest BCUT2D eigenvalue weighted by molar-refractivity contribution is 6.32. The molecular formula is C31H31ClN6O2. The number of anilines is 3. The summed E-state index contributed by atoms with van der Waals surface area (Å²) in [6, 6.07) is 14.9. The summed E-state index contributed by atoms with van der Waals surface area (Å²) in [4.78, 5) is 36.1. The molecule has 4 rings (SSSR count). The Morgan fingerprint density at radius 3 is 2.58 bits per heavy atom. The lowest BCUT2D eigenvalue weighted by Gasteiger charge is -2.16. The molecule has 4 aromatic rings. The summed E-state index contributed by atoms with van der Waals surface area (Å²) in [5, 5.41) is 17.2. The third-order valence-corrected chi connectivity index (χ3v) is 6.92. The maximum Gasteiger partial charge on any atom is 0.224 e. The van der Waals surface area contributed by atoms with E-state index in [4.69, 9.17) is 11.6 Å². The number of rotatable bonds is 10. The molecule has 0 spiro atoms. The van der Waals surface area contributed by atoms with Crippen LogP contribution in [0.1, 0.15) is 45.6 Å². The van der Waals surface area contributed by atoms with Crippen molar-refractivity contribution in [3.63, 3.8) is 0 Å². The minimum absolute atomic E-state index is 0.0685. The van der Waals surface area contributed by atoms with Crippen LogP contribution in [0.5, 0.6) is 0 Å². The molecule has 9 heteroatoms. The van der Waals surface area contributed by atoms with Crippen LogP contribution >= 0.6 is 11.6 Å². The van der Waals surface area contributed by atoms with E-state index in [0.29, 0.717) is 56.2 Å². The highest BCUT2D eigenvalue weighted by atomic mass is 35.5. The molecule has 0 aliphatic rings. The van der Waals surface area contributed by atoms with Crippen molar-refractivity contribution in [3.8, 4) is 6.07 Å². The first kappa shape index (κ1) is 28.7. The Morgan fingerprint density at radius 2 is 1.88 bits per heavy atom. The second kappa shape index (κ2) is 12.7. The molecule has 1 amide bonds.